The summed E-state index contributed by atoms with van der Waals surface area (Å²) in [5, 5.41) is 3.43. The van der Waals surface area contributed by atoms with Crippen molar-refractivity contribution in [2.24, 2.45) is 0 Å². The molecule has 0 spiro atoms. The summed E-state index contributed by atoms with van der Waals surface area (Å²) in [5.41, 5.74) is 1.07. The van der Waals surface area contributed by atoms with Gasteiger partial charge in [0.1, 0.15) is 6.10 Å². The van der Waals surface area contributed by atoms with Crippen LogP contribution in [-0.2, 0) is 11.2 Å². The number of fused-ring (bicyclic) bond motifs is 1. The molecule has 3 rings (SSSR count). The third-order valence-electron chi connectivity index (χ3n) is 4.34. The number of nitrogens with zero attached hydrogens (tertiary/aromatic N) is 2. The van der Waals surface area contributed by atoms with Crippen molar-refractivity contribution < 1.29 is 14.3 Å². The zero-order chi connectivity index (χ0) is 17.1. The maximum Gasteiger partial charge on any atom is 0.410 e. The number of nitrogens with one attached hydrogen (secondary N) is 1. The first kappa shape index (κ1) is 16.6. The van der Waals surface area contributed by atoms with Crippen LogP contribution in [0.2, 0.25) is 5.02 Å². The second-order valence-corrected chi connectivity index (χ2v) is 6.38. The number of likely N-dealkylation sites (tertiary alicyclic amines) is 1. The maximum absolute atomic E-state index is 12.1. The quantitative estimate of drug-likeness (QED) is 0.830. The molecule has 128 valence electrons. The molecule has 2 atom stereocenters. The predicted octanol–water partition coefficient (Wildman–Crippen LogP) is 2.28. The van der Waals surface area contributed by atoms with Crippen LogP contribution in [-0.4, -0.2) is 60.2 Å². The first-order valence-corrected chi connectivity index (χ1v) is 8.31. The van der Waals surface area contributed by atoms with E-state index in [1.807, 2.05) is 24.3 Å². The third kappa shape index (κ3) is 3.48. The van der Waals surface area contributed by atoms with Crippen molar-refractivity contribution in [3.8, 4) is 0 Å². The van der Waals surface area contributed by atoms with Crippen molar-refractivity contribution in [3.05, 3.63) is 47.5 Å². The van der Waals surface area contributed by atoms with Crippen LogP contribution in [0.4, 0.5) is 9.59 Å². The Morgan fingerprint density at radius 2 is 2.29 bits per heavy atom. The molecule has 0 unspecified atom stereocenters. The number of hydrogen-bond donors (Lipinski definition) is 1. The molecule has 3 amide bonds. The van der Waals surface area contributed by atoms with Gasteiger partial charge < -0.3 is 15.0 Å². The van der Waals surface area contributed by atoms with Gasteiger partial charge in [-0.3, -0.25) is 4.90 Å². The SMILES string of the molecule is C=CCNC(=O)N1C[C@H]2OC(=O)N(CCc3cccc(Cl)c3)[C@H]2C1. The molecule has 24 heavy (non-hydrogen) atoms. The monoisotopic (exact) mass is 349 g/mol. The molecule has 1 N–H and O–H groups in total. The van der Waals surface area contributed by atoms with E-state index in [4.69, 9.17) is 16.3 Å². The van der Waals surface area contributed by atoms with Crippen LogP contribution in [0.1, 0.15) is 5.56 Å². The van der Waals surface area contributed by atoms with Gasteiger partial charge in [0, 0.05) is 24.7 Å². The molecule has 0 radical (unpaired) electrons. The molecule has 2 heterocycles. The molecule has 0 aromatic heterocycles. The lowest BCUT2D eigenvalue weighted by atomic mass is 10.1. The largest absolute Gasteiger partial charge is 0.442 e. The van der Waals surface area contributed by atoms with E-state index < -0.39 is 0 Å². The Labute approximate surface area is 146 Å². The average molecular weight is 350 g/mol. The summed E-state index contributed by atoms with van der Waals surface area (Å²) < 4.78 is 5.41. The Bertz CT molecular complexity index is 652. The Kier molecular flexibility index (Phi) is 4.94. The topological polar surface area (TPSA) is 61.9 Å². The van der Waals surface area contributed by atoms with Gasteiger partial charge in [0.05, 0.1) is 12.6 Å². The van der Waals surface area contributed by atoms with E-state index in [0.717, 1.165) is 5.56 Å². The van der Waals surface area contributed by atoms with Crippen molar-refractivity contribution in [1.82, 2.24) is 15.1 Å². The van der Waals surface area contributed by atoms with E-state index in [0.29, 0.717) is 37.6 Å². The fraction of sp³-hybridized carbons (Fsp3) is 0.412. The molecule has 0 bridgehead atoms. The highest BCUT2D eigenvalue weighted by Gasteiger charge is 2.48. The van der Waals surface area contributed by atoms with E-state index in [1.54, 1.807) is 15.9 Å². The van der Waals surface area contributed by atoms with E-state index in [1.165, 1.54) is 0 Å². The van der Waals surface area contributed by atoms with Gasteiger partial charge in [-0.25, -0.2) is 9.59 Å². The molecule has 7 heteroatoms. The van der Waals surface area contributed by atoms with Crippen molar-refractivity contribution in [3.63, 3.8) is 0 Å². The Morgan fingerprint density at radius 1 is 1.46 bits per heavy atom. The van der Waals surface area contributed by atoms with Crippen molar-refractivity contribution in [2.45, 2.75) is 18.6 Å². The van der Waals surface area contributed by atoms with E-state index >= 15 is 0 Å². The standard InChI is InChI=1S/C17H20ClN3O3/c1-2-7-19-16(22)20-10-14-15(11-20)24-17(23)21(14)8-6-12-4-3-5-13(18)9-12/h2-5,9,14-15H,1,6-8,10-11H2,(H,19,22)/t14-,15+/m0/s1. The number of halogens is 1. The van der Waals surface area contributed by atoms with Crippen LogP contribution in [0.25, 0.3) is 0 Å². The number of rotatable bonds is 5. The molecule has 2 fully saturated rings. The van der Waals surface area contributed by atoms with Gasteiger partial charge in [-0.2, -0.15) is 0 Å². The summed E-state index contributed by atoms with van der Waals surface area (Å²) in [7, 11) is 0. The summed E-state index contributed by atoms with van der Waals surface area (Å²) in [6.07, 6.45) is 1.76. The number of ether oxygens (including phenoxy) is 1. The third-order valence-corrected chi connectivity index (χ3v) is 4.57. The molecular weight excluding hydrogens is 330 g/mol. The first-order valence-electron chi connectivity index (χ1n) is 7.94. The molecule has 0 aliphatic carbocycles. The van der Waals surface area contributed by atoms with Crippen LogP contribution < -0.4 is 5.32 Å². The average Bonchev–Trinajstić information content (AvgIpc) is 3.08. The van der Waals surface area contributed by atoms with Crippen LogP contribution >= 0.6 is 11.6 Å². The number of amides is 3. The number of hydrogen-bond acceptors (Lipinski definition) is 3. The molecule has 2 aliphatic rings. The zero-order valence-electron chi connectivity index (χ0n) is 13.3. The Balaban J connectivity index is 1.59. The summed E-state index contributed by atoms with van der Waals surface area (Å²) in [5.74, 6) is 0. The Morgan fingerprint density at radius 3 is 3.04 bits per heavy atom. The zero-order valence-corrected chi connectivity index (χ0v) is 14.0. The van der Waals surface area contributed by atoms with E-state index in [2.05, 4.69) is 11.9 Å². The normalized spacial score (nSPS) is 22.3. The Hall–Kier alpha value is -2.21. The van der Waals surface area contributed by atoms with Crippen molar-refractivity contribution >= 4 is 23.7 Å². The minimum Gasteiger partial charge on any atom is -0.442 e. The highest BCUT2D eigenvalue weighted by Crippen LogP contribution is 2.27. The van der Waals surface area contributed by atoms with Gasteiger partial charge in [-0.05, 0) is 24.1 Å². The number of carbonyl (C=O) groups is 2. The second kappa shape index (κ2) is 7.13. The summed E-state index contributed by atoms with van der Waals surface area (Å²) in [6.45, 7) is 5.45. The summed E-state index contributed by atoms with van der Waals surface area (Å²) in [6, 6.07) is 7.34. The van der Waals surface area contributed by atoms with Gasteiger partial charge >= 0.3 is 12.1 Å². The van der Waals surface area contributed by atoms with Gasteiger partial charge in [-0.1, -0.05) is 29.8 Å². The van der Waals surface area contributed by atoms with Crippen molar-refractivity contribution in [2.75, 3.05) is 26.2 Å². The van der Waals surface area contributed by atoms with Gasteiger partial charge in [-0.15, -0.1) is 6.58 Å². The van der Waals surface area contributed by atoms with Crippen LogP contribution in [0.3, 0.4) is 0 Å². The molecule has 2 saturated heterocycles. The molecule has 2 aliphatic heterocycles. The molecular formula is C17H20ClN3O3. The fourth-order valence-electron chi connectivity index (χ4n) is 3.14. The minimum absolute atomic E-state index is 0.0915. The van der Waals surface area contributed by atoms with E-state index in [-0.39, 0.29) is 24.3 Å². The smallest absolute Gasteiger partial charge is 0.410 e. The summed E-state index contributed by atoms with van der Waals surface area (Å²) >= 11 is 5.99. The molecule has 1 aromatic carbocycles. The first-order chi connectivity index (χ1) is 11.6. The number of urea groups is 1. The molecule has 6 nitrogen and oxygen atoms in total. The van der Waals surface area contributed by atoms with Crippen molar-refractivity contribution in [1.29, 1.82) is 0 Å². The lowest BCUT2D eigenvalue weighted by Gasteiger charge is -2.22. The minimum atomic E-state index is -0.307. The summed E-state index contributed by atoms with van der Waals surface area (Å²) in [4.78, 5) is 27.5. The fourth-order valence-corrected chi connectivity index (χ4v) is 3.35. The van der Waals surface area contributed by atoms with E-state index in [9.17, 15) is 9.59 Å². The number of benzene rings is 1. The molecule has 0 saturated carbocycles. The van der Waals surface area contributed by atoms with Crippen LogP contribution in [0.5, 0.6) is 0 Å². The lowest BCUT2D eigenvalue weighted by molar-refractivity contribution is 0.123. The van der Waals surface area contributed by atoms with Gasteiger partial charge in [0.25, 0.3) is 0 Å². The second-order valence-electron chi connectivity index (χ2n) is 5.94. The lowest BCUT2D eigenvalue weighted by Crippen LogP contribution is -2.43. The molecule has 1 aromatic rings. The van der Waals surface area contributed by atoms with Crippen LogP contribution in [0.15, 0.2) is 36.9 Å². The maximum atomic E-state index is 12.1. The predicted molar refractivity (Wildman–Crippen MR) is 91.1 cm³/mol. The van der Waals surface area contributed by atoms with Gasteiger partial charge in [0.2, 0.25) is 0 Å². The number of carbonyl (C=O) groups excluding carboxylic acids is 2. The highest BCUT2D eigenvalue weighted by atomic mass is 35.5. The van der Waals surface area contributed by atoms with Crippen LogP contribution in [0, 0.1) is 0 Å². The van der Waals surface area contributed by atoms with Gasteiger partial charge in [0.15, 0.2) is 0 Å². The highest BCUT2D eigenvalue weighted by molar-refractivity contribution is 6.30.